The molecule has 0 saturated heterocycles. The van der Waals surface area contributed by atoms with Gasteiger partial charge in [-0.2, -0.15) is 0 Å². The monoisotopic (exact) mass is 488 g/mol. The number of hydrogen-bond donors (Lipinski definition) is 1. The second-order valence-electron chi connectivity index (χ2n) is 7.49. The van der Waals surface area contributed by atoms with E-state index in [9.17, 15) is 9.59 Å². The molecule has 1 N–H and O–H groups in total. The summed E-state index contributed by atoms with van der Waals surface area (Å²) < 4.78 is 21.5. The fourth-order valence-corrected chi connectivity index (χ4v) is 4.22. The van der Waals surface area contributed by atoms with Crippen molar-refractivity contribution in [2.75, 3.05) is 17.9 Å². The number of oxazole rings is 1. The van der Waals surface area contributed by atoms with E-state index >= 15 is 0 Å². The average Bonchev–Trinajstić information content (AvgIpc) is 3.56. The van der Waals surface area contributed by atoms with Crippen LogP contribution in [0.5, 0.6) is 11.5 Å². The van der Waals surface area contributed by atoms with Crippen LogP contribution in [0.15, 0.2) is 88.4 Å². The quantitative estimate of drug-likeness (QED) is 0.268. The molecule has 9 heteroatoms. The summed E-state index contributed by atoms with van der Waals surface area (Å²) in [6, 6.07) is 21.7. The van der Waals surface area contributed by atoms with Gasteiger partial charge in [-0.1, -0.05) is 30.3 Å². The van der Waals surface area contributed by atoms with Gasteiger partial charge < -0.3 is 23.9 Å². The first-order chi connectivity index (χ1) is 17.2. The first-order valence-corrected chi connectivity index (χ1v) is 11.7. The summed E-state index contributed by atoms with van der Waals surface area (Å²) in [5.74, 6) is 1.09. The van der Waals surface area contributed by atoms with E-state index in [0.717, 1.165) is 5.56 Å². The number of hydrogen-bond acceptors (Lipinski definition) is 8. The van der Waals surface area contributed by atoms with Gasteiger partial charge in [-0.3, -0.25) is 4.79 Å². The van der Waals surface area contributed by atoms with Gasteiger partial charge in [-0.25, -0.2) is 9.78 Å². The lowest BCUT2D eigenvalue weighted by atomic mass is 10.2. The number of thioether (sulfide) groups is 1. The van der Waals surface area contributed by atoms with Crippen molar-refractivity contribution in [1.82, 2.24) is 4.98 Å². The van der Waals surface area contributed by atoms with Crippen LogP contribution in [0, 0.1) is 0 Å². The number of fused-ring (bicyclic) bond motifs is 1. The van der Waals surface area contributed by atoms with E-state index in [-0.39, 0.29) is 25.1 Å². The molecule has 0 fully saturated rings. The zero-order valence-electron chi connectivity index (χ0n) is 18.4. The minimum Gasteiger partial charge on any atom is -0.455 e. The van der Waals surface area contributed by atoms with Crippen LogP contribution in [-0.4, -0.2) is 29.4 Å². The molecule has 0 atom stereocenters. The van der Waals surface area contributed by atoms with Crippen molar-refractivity contribution in [3.8, 4) is 23.0 Å². The van der Waals surface area contributed by atoms with E-state index in [4.69, 9.17) is 18.6 Å². The maximum atomic E-state index is 12.7. The average molecular weight is 489 g/mol. The van der Waals surface area contributed by atoms with Gasteiger partial charge in [0.05, 0.1) is 11.3 Å². The van der Waals surface area contributed by atoms with Crippen LogP contribution in [0.1, 0.15) is 16.1 Å². The van der Waals surface area contributed by atoms with Crippen LogP contribution in [0.4, 0.5) is 5.69 Å². The van der Waals surface area contributed by atoms with Crippen molar-refractivity contribution < 1.29 is 28.2 Å². The normalized spacial score (nSPS) is 11.8. The van der Waals surface area contributed by atoms with Gasteiger partial charge in [0.2, 0.25) is 18.6 Å². The summed E-state index contributed by atoms with van der Waals surface area (Å²) in [5.41, 5.74) is 2.33. The Kier molecular flexibility index (Phi) is 6.67. The number of benzene rings is 3. The Hall–Kier alpha value is -4.24. The highest BCUT2D eigenvalue weighted by Gasteiger charge is 2.17. The Bertz CT molecular complexity index is 1350. The van der Waals surface area contributed by atoms with Gasteiger partial charge in [0.15, 0.2) is 11.5 Å². The predicted octanol–water partition coefficient (Wildman–Crippen LogP) is 5.16. The highest BCUT2D eigenvalue weighted by molar-refractivity contribution is 8.00. The number of rotatable bonds is 8. The van der Waals surface area contributed by atoms with Crippen LogP contribution in [-0.2, 0) is 16.1 Å². The second kappa shape index (κ2) is 10.4. The molecule has 8 nitrogen and oxygen atoms in total. The Morgan fingerprint density at radius 3 is 2.66 bits per heavy atom. The van der Waals surface area contributed by atoms with Crippen molar-refractivity contribution in [2.45, 2.75) is 11.5 Å². The van der Waals surface area contributed by atoms with Crippen LogP contribution < -0.4 is 14.8 Å². The minimum absolute atomic E-state index is 0.0290. The van der Waals surface area contributed by atoms with Gasteiger partial charge in [-0.15, -0.1) is 11.8 Å². The molecular weight excluding hydrogens is 468 g/mol. The number of anilines is 1. The van der Waals surface area contributed by atoms with E-state index in [0.29, 0.717) is 39.2 Å². The van der Waals surface area contributed by atoms with Crippen LogP contribution >= 0.6 is 11.8 Å². The summed E-state index contributed by atoms with van der Waals surface area (Å²) in [6.07, 6.45) is 1.47. The fraction of sp³-hybridized carbons (Fsp3) is 0.115. The summed E-state index contributed by atoms with van der Waals surface area (Å²) in [4.78, 5) is 30.2. The van der Waals surface area contributed by atoms with Crippen molar-refractivity contribution >= 4 is 29.3 Å². The molecule has 35 heavy (non-hydrogen) atoms. The van der Waals surface area contributed by atoms with Gasteiger partial charge in [0.1, 0.15) is 18.6 Å². The summed E-state index contributed by atoms with van der Waals surface area (Å²) in [5, 5.41) is 2.82. The maximum absolute atomic E-state index is 12.7. The van der Waals surface area contributed by atoms with Crippen LogP contribution in [0.25, 0.3) is 11.5 Å². The Balaban J connectivity index is 1.17. The third-order valence-corrected chi connectivity index (χ3v) is 6.12. The molecule has 2 heterocycles. The number of amides is 1. The number of carbonyl (C=O) groups excluding carboxylic acids is 2. The lowest BCUT2D eigenvalue weighted by molar-refractivity contribution is -0.113. The summed E-state index contributed by atoms with van der Waals surface area (Å²) in [7, 11) is 0. The van der Waals surface area contributed by atoms with Gasteiger partial charge in [-0.05, 0) is 36.4 Å². The molecule has 0 spiro atoms. The summed E-state index contributed by atoms with van der Waals surface area (Å²) >= 11 is 1.25. The topological polar surface area (TPSA) is 99.9 Å². The van der Waals surface area contributed by atoms with Gasteiger partial charge in [0, 0.05) is 22.2 Å². The number of nitrogens with zero attached hydrogens (tertiary/aromatic N) is 1. The molecule has 1 aromatic heterocycles. The number of ether oxygens (including phenoxy) is 3. The molecule has 1 aliphatic rings. The van der Waals surface area contributed by atoms with E-state index < -0.39 is 5.97 Å². The number of esters is 1. The van der Waals surface area contributed by atoms with Crippen LogP contribution in [0.3, 0.4) is 0 Å². The van der Waals surface area contributed by atoms with Crippen LogP contribution in [0.2, 0.25) is 0 Å². The van der Waals surface area contributed by atoms with Gasteiger partial charge >= 0.3 is 5.97 Å². The van der Waals surface area contributed by atoms with Crippen molar-refractivity contribution in [1.29, 1.82) is 0 Å². The highest BCUT2D eigenvalue weighted by Crippen LogP contribution is 2.34. The van der Waals surface area contributed by atoms with Crippen molar-refractivity contribution in [3.63, 3.8) is 0 Å². The zero-order valence-corrected chi connectivity index (χ0v) is 19.2. The molecule has 3 aromatic carbocycles. The molecule has 0 unspecified atom stereocenters. The molecule has 1 amide bonds. The first-order valence-electron chi connectivity index (χ1n) is 10.7. The van der Waals surface area contributed by atoms with E-state index in [1.54, 1.807) is 42.5 Å². The maximum Gasteiger partial charge on any atom is 0.339 e. The molecule has 5 rings (SSSR count). The smallest absolute Gasteiger partial charge is 0.339 e. The number of aromatic nitrogens is 1. The molecule has 0 aliphatic carbocycles. The Labute approximate surface area is 205 Å². The molecule has 0 radical (unpaired) electrons. The standard InChI is InChI=1S/C26H20N2O6S/c29-24(27-18-10-11-21-22(12-18)34-16-33-21)15-35-23-9-5-4-8-20(23)26(30)32-14-19-13-31-25(28-19)17-6-2-1-3-7-17/h1-13H,14-16H2,(H,27,29). The largest absolute Gasteiger partial charge is 0.455 e. The molecule has 0 saturated carbocycles. The lowest BCUT2D eigenvalue weighted by Crippen LogP contribution is -2.14. The molecule has 1 aliphatic heterocycles. The Morgan fingerprint density at radius 2 is 1.77 bits per heavy atom. The molecular formula is C26H20N2O6S. The lowest BCUT2D eigenvalue weighted by Gasteiger charge is -2.09. The third kappa shape index (κ3) is 5.47. The Morgan fingerprint density at radius 1 is 0.971 bits per heavy atom. The van der Waals surface area contributed by atoms with Crippen molar-refractivity contribution in [3.05, 3.63) is 90.3 Å². The SMILES string of the molecule is O=C(CSc1ccccc1C(=O)OCc1coc(-c2ccccc2)n1)Nc1ccc2c(c1)OCO2. The zero-order chi connectivity index (χ0) is 24.0. The van der Waals surface area contributed by atoms with Crippen molar-refractivity contribution in [2.24, 2.45) is 0 Å². The van der Waals surface area contributed by atoms with E-state index in [1.165, 1.54) is 18.0 Å². The third-order valence-electron chi connectivity index (χ3n) is 5.05. The molecule has 0 bridgehead atoms. The molecule has 4 aromatic rings. The minimum atomic E-state index is -0.506. The summed E-state index contributed by atoms with van der Waals surface area (Å²) in [6.45, 7) is 0.138. The fourth-order valence-electron chi connectivity index (χ4n) is 3.38. The number of carbonyl (C=O) groups is 2. The second-order valence-corrected chi connectivity index (χ2v) is 8.50. The van der Waals surface area contributed by atoms with E-state index in [1.807, 2.05) is 30.3 Å². The predicted molar refractivity (Wildman–Crippen MR) is 129 cm³/mol. The number of nitrogens with one attached hydrogen (secondary N) is 1. The highest BCUT2D eigenvalue weighted by atomic mass is 32.2. The first kappa shape index (κ1) is 22.5. The molecule has 176 valence electrons. The van der Waals surface area contributed by atoms with Gasteiger partial charge in [0.25, 0.3) is 0 Å². The van der Waals surface area contributed by atoms with E-state index in [2.05, 4.69) is 10.3 Å².